The molecule has 0 aromatic carbocycles. The summed E-state index contributed by atoms with van der Waals surface area (Å²) >= 11 is 5.20. The average Bonchev–Trinajstić information content (AvgIpc) is 2.85. The summed E-state index contributed by atoms with van der Waals surface area (Å²) in [4.78, 5) is 7.81. The first-order valence-corrected chi connectivity index (χ1v) is 5.97. The summed E-state index contributed by atoms with van der Waals surface area (Å²) in [6, 6.07) is 1.98. The lowest BCUT2D eigenvalue weighted by Crippen LogP contribution is -2.15. The summed E-state index contributed by atoms with van der Waals surface area (Å²) < 4.78 is 0.717. The Morgan fingerprint density at radius 2 is 2.13 bits per heavy atom. The number of aromatic amines is 1. The highest BCUT2D eigenvalue weighted by Gasteiger charge is 2.23. The Morgan fingerprint density at radius 1 is 1.47 bits per heavy atom. The van der Waals surface area contributed by atoms with Crippen molar-refractivity contribution >= 4 is 12.2 Å². The van der Waals surface area contributed by atoms with Crippen LogP contribution in [-0.2, 0) is 11.8 Å². The normalized spacial score (nSPS) is 16.7. The standard InChI is InChI=1S/C12H18N2S/c1-12(2,3)9-7-11(15)14-10(13-9)6-8-4-5-8/h7-8H,4-6H2,1-3H3,(H,13,14,15). The molecule has 2 rings (SSSR count). The van der Waals surface area contributed by atoms with Crippen LogP contribution >= 0.6 is 12.2 Å². The lowest BCUT2D eigenvalue weighted by Gasteiger charge is -2.19. The molecule has 15 heavy (non-hydrogen) atoms. The van der Waals surface area contributed by atoms with Gasteiger partial charge in [-0.3, -0.25) is 0 Å². The summed E-state index contributed by atoms with van der Waals surface area (Å²) in [5, 5.41) is 0. The van der Waals surface area contributed by atoms with Gasteiger partial charge in [-0.2, -0.15) is 0 Å². The second-order valence-electron chi connectivity index (χ2n) is 5.48. The van der Waals surface area contributed by atoms with E-state index in [-0.39, 0.29) is 5.41 Å². The van der Waals surface area contributed by atoms with E-state index in [2.05, 4.69) is 30.7 Å². The maximum absolute atomic E-state index is 5.20. The van der Waals surface area contributed by atoms with Gasteiger partial charge in [0.15, 0.2) is 0 Å². The number of hydrogen-bond donors (Lipinski definition) is 1. The predicted octanol–water partition coefficient (Wildman–Crippen LogP) is 3.39. The van der Waals surface area contributed by atoms with E-state index >= 15 is 0 Å². The molecular weight excluding hydrogens is 204 g/mol. The molecule has 0 unspecified atom stereocenters. The van der Waals surface area contributed by atoms with Crippen LogP contribution in [0.3, 0.4) is 0 Å². The number of hydrogen-bond acceptors (Lipinski definition) is 2. The lowest BCUT2D eigenvalue weighted by atomic mass is 9.92. The minimum Gasteiger partial charge on any atom is -0.347 e. The summed E-state index contributed by atoms with van der Waals surface area (Å²) in [6.45, 7) is 6.57. The molecule has 0 bridgehead atoms. The van der Waals surface area contributed by atoms with Crippen molar-refractivity contribution in [1.82, 2.24) is 9.97 Å². The van der Waals surface area contributed by atoms with Crippen LogP contribution in [0.15, 0.2) is 6.07 Å². The van der Waals surface area contributed by atoms with Crippen LogP contribution in [0.1, 0.15) is 45.1 Å². The van der Waals surface area contributed by atoms with Gasteiger partial charge < -0.3 is 4.98 Å². The highest BCUT2D eigenvalue weighted by atomic mass is 32.1. The minimum atomic E-state index is 0.120. The lowest BCUT2D eigenvalue weighted by molar-refractivity contribution is 0.559. The number of rotatable bonds is 2. The molecule has 1 heterocycles. The molecule has 0 atom stereocenters. The average molecular weight is 222 g/mol. The van der Waals surface area contributed by atoms with E-state index in [4.69, 9.17) is 12.2 Å². The van der Waals surface area contributed by atoms with Crippen LogP contribution in [0, 0.1) is 10.6 Å². The van der Waals surface area contributed by atoms with E-state index in [0.29, 0.717) is 4.64 Å². The molecule has 1 fully saturated rings. The van der Waals surface area contributed by atoms with E-state index in [1.165, 1.54) is 18.5 Å². The maximum Gasteiger partial charge on any atom is 0.130 e. The van der Waals surface area contributed by atoms with Crippen molar-refractivity contribution in [2.75, 3.05) is 0 Å². The van der Waals surface area contributed by atoms with Crippen LogP contribution < -0.4 is 0 Å². The van der Waals surface area contributed by atoms with E-state index in [9.17, 15) is 0 Å². The van der Waals surface area contributed by atoms with Gasteiger partial charge in [0.1, 0.15) is 10.5 Å². The fraction of sp³-hybridized carbons (Fsp3) is 0.667. The third-order valence-corrected chi connectivity index (χ3v) is 2.99. The van der Waals surface area contributed by atoms with Crippen molar-refractivity contribution in [2.24, 2.45) is 5.92 Å². The van der Waals surface area contributed by atoms with Crippen molar-refractivity contribution in [3.05, 3.63) is 22.2 Å². The first-order valence-electron chi connectivity index (χ1n) is 5.56. The molecule has 0 amide bonds. The summed E-state index contributed by atoms with van der Waals surface area (Å²) in [6.07, 6.45) is 3.76. The molecule has 1 N–H and O–H groups in total. The van der Waals surface area contributed by atoms with E-state index in [1.807, 2.05) is 6.07 Å². The molecule has 2 nitrogen and oxygen atoms in total. The quantitative estimate of drug-likeness (QED) is 0.777. The Balaban J connectivity index is 2.31. The van der Waals surface area contributed by atoms with Crippen molar-refractivity contribution in [3.63, 3.8) is 0 Å². The van der Waals surface area contributed by atoms with Gasteiger partial charge in [-0.15, -0.1) is 0 Å². The molecule has 1 aliphatic carbocycles. The van der Waals surface area contributed by atoms with Crippen LogP contribution in [0.5, 0.6) is 0 Å². The van der Waals surface area contributed by atoms with Gasteiger partial charge in [0.05, 0.1) is 0 Å². The van der Waals surface area contributed by atoms with E-state index in [0.717, 1.165) is 18.2 Å². The SMILES string of the molecule is CC(C)(C)c1cc(=S)nc(CC2CC2)[nH]1. The van der Waals surface area contributed by atoms with Crippen LogP contribution in [0.4, 0.5) is 0 Å². The second-order valence-corrected chi connectivity index (χ2v) is 5.90. The smallest absolute Gasteiger partial charge is 0.130 e. The Bertz CT molecular complexity index is 410. The fourth-order valence-electron chi connectivity index (χ4n) is 1.60. The zero-order valence-electron chi connectivity index (χ0n) is 9.63. The molecule has 0 saturated heterocycles. The summed E-state index contributed by atoms with van der Waals surface area (Å²) in [5.41, 5.74) is 1.31. The third kappa shape index (κ3) is 2.88. The fourth-order valence-corrected chi connectivity index (χ4v) is 1.83. The molecule has 0 radical (unpaired) electrons. The van der Waals surface area contributed by atoms with Crippen molar-refractivity contribution < 1.29 is 0 Å². The first kappa shape index (κ1) is 10.8. The molecule has 1 saturated carbocycles. The van der Waals surface area contributed by atoms with Gasteiger partial charge in [0.2, 0.25) is 0 Å². The topological polar surface area (TPSA) is 28.7 Å². The molecule has 1 aromatic rings. The number of nitrogens with zero attached hydrogens (tertiary/aromatic N) is 1. The van der Waals surface area contributed by atoms with Crippen molar-refractivity contribution in [2.45, 2.75) is 45.4 Å². The van der Waals surface area contributed by atoms with Gasteiger partial charge in [-0.1, -0.05) is 33.0 Å². The zero-order valence-corrected chi connectivity index (χ0v) is 10.4. The van der Waals surface area contributed by atoms with Gasteiger partial charge in [-0.05, 0) is 24.8 Å². The minimum absolute atomic E-state index is 0.120. The molecular formula is C12H18N2S. The molecule has 0 spiro atoms. The first-order chi connectivity index (χ1) is 6.95. The zero-order chi connectivity index (χ0) is 11.1. The molecule has 82 valence electrons. The maximum atomic E-state index is 5.20. The van der Waals surface area contributed by atoms with Gasteiger partial charge in [0.25, 0.3) is 0 Å². The molecule has 1 aromatic heterocycles. The molecule has 3 heteroatoms. The monoisotopic (exact) mass is 222 g/mol. The highest BCUT2D eigenvalue weighted by molar-refractivity contribution is 7.71. The Labute approximate surface area is 96.1 Å². The van der Waals surface area contributed by atoms with Gasteiger partial charge in [0, 0.05) is 17.5 Å². The van der Waals surface area contributed by atoms with Crippen LogP contribution in [-0.4, -0.2) is 9.97 Å². The van der Waals surface area contributed by atoms with Crippen molar-refractivity contribution in [1.29, 1.82) is 0 Å². The molecule has 0 aliphatic heterocycles. The van der Waals surface area contributed by atoms with E-state index < -0.39 is 0 Å². The second kappa shape index (κ2) is 3.71. The molecule has 1 aliphatic rings. The van der Waals surface area contributed by atoms with Crippen molar-refractivity contribution in [3.8, 4) is 0 Å². The summed E-state index contributed by atoms with van der Waals surface area (Å²) in [7, 11) is 0. The van der Waals surface area contributed by atoms with Crippen LogP contribution in [0.25, 0.3) is 0 Å². The number of aromatic nitrogens is 2. The van der Waals surface area contributed by atoms with E-state index in [1.54, 1.807) is 0 Å². The Morgan fingerprint density at radius 3 is 2.67 bits per heavy atom. The summed E-state index contributed by atoms with van der Waals surface area (Å²) in [5.74, 6) is 1.91. The predicted molar refractivity (Wildman–Crippen MR) is 64.5 cm³/mol. The largest absolute Gasteiger partial charge is 0.347 e. The number of H-pyrrole nitrogens is 1. The van der Waals surface area contributed by atoms with Gasteiger partial charge >= 0.3 is 0 Å². The van der Waals surface area contributed by atoms with Crippen LogP contribution in [0.2, 0.25) is 0 Å². The van der Waals surface area contributed by atoms with Gasteiger partial charge in [-0.25, -0.2) is 4.98 Å². The highest BCUT2D eigenvalue weighted by Crippen LogP contribution is 2.32. The Hall–Kier alpha value is -0.700. The number of nitrogens with one attached hydrogen (secondary N) is 1. The third-order valence-electron chi connectivity index (χ3n) is 2.78. The Kier molecular flexibility index (Phi) is 2.67.